The minimum Gasteiger partial charge on any atom is -0.497 e. The van der Waals surface area contributed by atoms with Crippen molar-refractivity contribution < 1.29 is 9.53 Å². The fraction of sp³-hybridized carbons (Fsp3) is 0.167. The maximum Gasteiger partial charge on any atom is 0.258 e. The van der Waals surface area contributed by atoms with Crippen molar-refractivity contribution >= 4 is 28.2 Å². The summed E-state index contributed by atoms with van der Waals surface area (Å²) in [6.07, 6.45) is 0. The van der Waals surface area contributed by atoms with Crippen molar-refractivity contribution in [1.29, 1.82) is 0 Å². The normalized spacial score (nSPS) is 10.9. The van der Waals surface area contributed by atoms with Gasteiger partial charge in [0.1, 0.15) is 11.4 Å². The van der Waals surface area contributed by atoms with E-state index < -0.39 is 0 Å². The van der Waals surface area contributed by atoms with Crippen LogP contribution >= 0.6 is 0 Å². The Morgan fingerprint density at radius 3 is 2.47 bits per heavy atom. The lowest BCUT2D eigenvalue weighted by atomic mass is 10.0. The molecule has 3 aromatic carbocycles. The van der Waals surface area contributed by atoms with E-state index >= 15 is 0 Å². The number of nitrogen functional groups attached to an aromatic ring is 1. The van der Waals surface area contributed by atoms with Gasteiger partial charge in [-0.3, -0.25) is 9.48 Å². The number of nitrogens with zero attached hydrogens (tertiary/aromatic N) is 3. The maximum absolute atomic E-state index is 13.2. The zero-order chi connectivity index (χ0) is 21.4. The van der Waals surface area contributed by atoms with Crippen LogP contribution in [0.2, 0.25) is 0 Å². The topological polar surface area (TPSA) is 73.4 Å². The van der Waals surface area contributed by atoms with E-state index in [9.17, 15) is 4.79 Å². The number of fused-ring (bicyclic) bond motifs is 1. The standard InChI is InChI=1S/C24H24N4O2/c1-15-13-17(25)6-11-20(15)23-21-14-16(5-12-22(21)28(3)26-23)24(29)27(2)18-7-9-19(30-4)10-8-18/h5-14H,25H2,1-4H3. The highest BCUT2D eigenvalue weighted by Gasteiger charge is 2.18. The number of ether oxygens (including phenoxy) is 1. The lowest BCUT2D eigenvalue weighted by Crippen LogP contribution is -2.26. The van der Waals surface area contributed by atoms with Crippen molar-refractivity contribution in [3.63, 3.8) is 0 Å². The fourth-order valence-corrected chi connectivity index (χ4v) is 3.67. The van der Waals surface area contributed by atoms with Crippen molar-refractivity contribution in [2.24, 2.45) is 7.05 Å². The number of benzene rings is 3. The molecule has 0 aliphatic heterocycles. The van der Waals surface area contributed by atoms with Gasteiger partial charge in [0.25, 0.3) is 5.91 Å². The molecule has 0 fully saturated rings. The monoisotopic (exact) mass is 400 g/mol. The number of aromatic nitrogens is 2. The summed E-state index contributed by atoms with van der Waals surface area (Å²) >= 11 is 0. The quantitative estimate of drug-likeness (QED) is 0.515. The van der Waals surface area contributed by atoms with E-state index in [1.54, 1.807) is 19.1 Å². The third-order valence-electron chi connectivity index (χ3n) is 5.37. The summed E-state index contributed by atoms with van der Waals surface area (Å²) in [6.45, 7) is 2.01. The molecule has 0 atom stereocenters. The molecule has 30 heavy (non-hydrogen) atoms. The summed E-state index contributed by atoms with van der Waals surface area (Å²) in [5.41, 5.74) is 11.9. The lowest BCUT2D eigenvalue weighted by molar-refractivity contribution is 0.0993. The second kappa shape index (κ2) is 7.55. The average Bonchev–Trinajstić information content (AvgIpc) is 3.08. The Morgan fingerprint density at radius 2 is 1.80 bits per heavy atom. The number of rotatable bonds is 4. The number of amides is 1. The third-order valence-corrected chi connectivity index (χ3v) is 5.37. The van der Waals surface area contributed by atoms with Gasteiger partial charge in [-0.1, -0.05) is 6.07 Å². The Labute approximate surface area is 175 Å². The van der Waals surface area contributed by atoms with Gasteiger partial charge in [0.2, 0.25) is 0 Å². The van der Waals surface area contributed by atoms with Crippen LogP contribution in [0.15, 0.2) is 60.7 Å². The largest absolute Gasteiger partial charge is 0.497 e. The minimum atomic E-state index is -0.0918. The molecule has 0 spiro atoms. The van der Waals surface area contributed by atoms with Gasteiger partial charge >= 0.3 is 0 Å². The summed E-state index contributed by atoms with van der Waals surface area (Å²) in [7, 11) is 5.29. The highest BCUT2D eigenvalue weighted by molar-refractivity contribution is 6.08. The molecule has 1 heterocycles. The number of aryl methyl sites for hydroxylation is 2. The smallest absolute Gasteiger partial charge is 0.258 e. The van der Waals surface area contributed by atoms with Crippen molar-refractivity contribution in [1.82, 2.24) is 9.78 Å². The van der Waals surface area contributed by atoms with Crippen LogP contribution in [0.25, 0.3) is 22.2 Å². The molecule has 0 aliphatic carbocycles. The van der Waals surface area contributed by atoms with Crippen molar-refractivity contribution in [3.05, 3.63) is 71.8 Å². The minimum absolute atomic E-state index is 0.0918. The van der Waals surface area contributed by atoms with Crippen molar-refractivity contribution in [3.8, 4) is 17.0 Å². The zero-order valence-corrected chi connectivity index (χ0v) is 17.5. The van der Waals surface area contributed by atoms with Gasteiger partial charge in [-0.2, -0.15) is 5.10 Å². The molecule has 0 aliphatic rings. The Hall–Kier alpha value is -3.80. The Balaban J connectivity index is 1.76. The van der Waals surface area contributed by atoms with Gasteiger partial charge in [0.15, 0.2) is 0 Å². The average molecular weight is 400 g/mol. The predicted molar refractivity (Wildman–Crippen MR) is 121 cm³/mol. The van der Waals surface area contributed by atoms with Crippen LogP contribution in [0.1, 0.15) is 15.9 Å². The fourth-order valence-electron chi connectivity index (χ4n) is 3.67. The van der Waals surface area contributed by atoms with Gasteiger partial charge < -0.3 is 15.4 Å². The van der Waals surface area contributed by atoms with E-state index in [-0.39, 0.29) is 5.91 Å². The lowest BCUT2D eigenvalue weighted by Gasteiger charge is -2.18. The molecule has 0 radical (unpaired) electrons. The number of nitrogens with two attached hydrogens (primary N) is 1. The van der Waals surface area contributed by atoms with Gasteiger partial charge in [-0.15, -0.1) is 0 Å². The first-order valence-corrected chi connectivity index (χ1v) is 9.64. The van der Waals surface area contributed by atoms with Gasteiger partial charge in [-0.25, -0.2) is 0 Å². The SMILES string of the molecule is COc1ccc(N(C)C(=O)c2ccc3c(c2)c(-c2ccc(N)cc2C)nn3C)cc1. The first-order valence-electron chi connectivity index (χ1n) is 9.64. The molecule has 2 N–H and O–H groups in total. The van der Waals surface area contributed by atoms with Crippen LogP contribution in [-0.4, -0.2) is 29.8 Å². The number of hydrogen-bond acceptors (Lipinski definition) is 4. The van der Waals surface area contributed by atoms with Gasteiger partial charge in [-0.05, 0) is 67.1 Å². The van der Waals surface area contributed by atoms with Gasteiger partial charge in [0, 0.05) is 42.0 Å². The molecule has 0 unspecified atom stereocenters. The number of methoxy groups -OCH3 is 1. The molecule has 4 aromatic rings. The van der Waals surface area contributed by atoms with E-state index in [4.69, 9.17) is 15.6 Å². The molecule has 6 nitrogen and oxygen atoms in total. The molecule has 152 valence electrons. The molecule has 4 rings (SSSR count). The van der Waals surface area contributed by atoms with Crippen molar-refractivity contribution in [2.45, 2.75) is 6.92 Å². The molecule has 0 saturated heterocycles. The van der Waals surface area contributed by atoms with E-state index in [1.165, 1.54) is 0 Å². The molecule has 1 aromatic heterocycles. The Bertz CT molecular complexity index is 1240. The van der Waals surface area contributed by atoms with Crippen LogP contribution in [0, 0.1) is 6.92 Å². The summed E-state index contributed by atoms with van der Waals surface area (Å²) in [6, 6.07) is 18.9. The summed E-state index contributed by atoms with van der Waals surface area (Å²) < 4.78 is 7.03. The van der Waals surface area contributed by atoms with E-state index in [0.29, 0.717) is 11.3 Å². The highest BCUT2D eigenvalue weighted by Crippen LogP contribution is 2.32. The molecule has 0 bridgehead atoms. The molecular formula is C24H24N4O2. The van der Waals surface area contributed by atoms with Crippen LogP contribution in [-0.2, 0) is 7.05 Å². The third kappa shape index (κ3) is 3.37. The second-order valence-corrected chi connectivity index (χ2v) is 7.34. The molecular weight excluding hydrogens is 376 g/mol. The maximum atomic E-state index is 13.2. The Morgan fingerprint density at radius 1 is 1.07 bits per heavy atom. The number of carbonyl (C=O) groups is 1. The van der Waals surface area contributed by atoms with Crippen LogP contribution in [0.4, 0.5) is 11.4 Å². The van der Waals surface area contributed by atoms with E-state index in [2.05, 4.69) is 0 Å². The highest BCUT2D eigenvalue weighted by atomic mass is 16.5. The second-order valence-electron chi connectivity index (χ2n) is 7.34. The van der Waals surface area contributed by atoms with Crippen LogP contribution in [0.3, 0.4) is 0 Å². The summed E-state index contributed by atoms with van der Waals surface area (Å²) in [5.74, 6) is 0.658. The van der Waals surface area contributed by atoms with E-state index in [0.717, 1.165) is 39.2 Å². The predicted octanol–water partition coefficient (Wildman–Crippen LogP) is 4.42. The van der Waals surface area contributed by atoms with Gasteiger partial charge in [0.05, 0.1) is 12.6 Å². The Kier molecular flexibility index (Phi) is 4.91. The van der Waals surface area contributed by atoms with E-state index in [1.807, 2.05) is 79.3 Å². The first kappa shape index (κ1) is 19.5. The van der Waals surface area contributed by atoms with Crippen molar-refractivity contribution in [2.75, 3.05) is 24.8 Å². The van der Waals surface area contributed by atoms with Crippen LogP contribution in [0.5, 0.6) is 5.75 Å². The number of hydrogen-bond donors (Lipinski definition) is 1. The number of carbonyl (C=O) groups excluding carboxylic acids is 1. The summed E-state index contributed by atoms with van der Waals surface area (Å²) in [5, 5.41) is 5.64. The molecule has 6 heteroatoms. The molecule has 0 saturated carbocycles. The van der Waals surface area contributed by atoms with Crippen LogP contribution < -0.4 is 15.4 Å². The zero-order valence-electron chi connectivity index (χ0n) is 17.5. The molecule has 1 amide bonds. The first-order chi connectivity index (χ1) is 14.4. The summed E-state index contributed by atoms with van der Waals surface area (Å²) in [4.78, 5) is 14.8. The number of anilines is 2.